The van der Waals surface area contributed by atoms with Crippen molar-refractivity contribution in [3.8, 4) is 0 Å². The highest BCUT2D eigenvalue weighted by atomic mass is 16.5. The molecule has 0 bridgehead atoms. The molecule has 3 heterocycles. The van der Waals surface area contributed by atoms with Crippen LogP contribution in [0.4, 0.5) is 11.6 Å². The number of ether oxygens (including phenoxy) is 1. The molecule has 0 aromatic carbocycles. The van der Waals surface area contributed by atoms with E-state index in [4.69, 9.17) is 4.74 Å². The molecule has 2 aromatic heterocycles. The number of morpholine rings is 1. The molecule has 0 atom stereocenters. The first-order chi connectivity index (χ1) is 10.3. The van der Waals surface area contributed by atoms with Gasteiger partial charge in [0.25, 0.3) is 0 Å². The third-order valence-corrected chi connectivity index (χ3v) is 3.37. The van der Waals surface area contributed by atoms with Gasteiger partial charge in [0.05, 0.1) is 25.1 Å². The molecular formula is C15H19N5O. The Bertz CT molecular complexity index is 581. The maximum atomic E-state index is 5.35. The first kappa shape index (κ1) is 13.8. The molecule has 1 fully saturated rings. The fourth-order valence-corrected chi connectivity index (χ4v) is 2.24. The highest BCUT2D eigenvalue weighted by Gasteiger charge is 2.11. The molecule has 6 heteroatoms. The number of aryl methyl sites for hydroxylation is 1. The van der Waals surface area contributed by atoms with Crippen LogP contribution in [0.5, 0.6) is 0 Å². The lowest BCUT2D eigenvalue weighted by atomic mass is 10.2. The predicted octanol–water partition coefficient (Wildman–Crippen LogP) is 1.63. The smallest absolute Gasteiger partial charge is 0.145 e. The van der Waals surface area contributed by atoms with E-state index in [1.54, 1.807) is 12.4 Å². The molecule has 0 unspecified atom stereocenters. The highest BCUT2D eigenvalue weighted by Crippen LogP contribution is 2.13. The average Bonchev–Trinajstić information content (AvgIpc) is 2.54. The van der Waals surface area contributed by atoms with Crippen molar-refractivity contribution in [3.05, 3.63) is 42.0 Å². The van der Waals surface area contributed by atoms with Crippen LogP contribution < -0.4 is 10.2 Å². The van der Waals surface area contributed by atoms with Crippen LogP contribution in [0.25, 0.3) is 0 Å². The van der Waals surface area contributed by atoms with Crippen molar-refractivity contribution in [1.82, 2.24) is 15.0 Å². The maximum Gasteiger partial charge on any atom is 0.145 e. The normalized spacial score (nSPS) is 15.0. The second kappa shape index (κ2) is 6.49. The molecule has 21 heavy (non-hydrogen) atoms. The van der Waals surface area contributed by atoms with Gasteiger partial charge in [-0.2, -0.15) is 0 Å². The van der Waals surface area contributed by atoms with Gasteiger partial charge in [0.2, 0.25) is 0 Å². The number of rotatable bonds is 4. The number of nitrogens with zero attached hydrogens (tertiary/aromatic N) is 4. The number of hydrogen-bond acceptors (Lipinski definition) is 6. The van der Waals surface area contributed by atoms with E-state index in [1.165, 1.54) is 0 Å². The molecule has 0 amide bonds. The van der Waals surface area contributed by atoms with Gasteiger partial charge in [0.1, 0.15) is 11.6 Å². The number of pyridine rings is 1. The van der Waals surface area contributed by atoms with Gasteiger partial charge >= 0.3 is 0 Å². The fraction of sp³-hybridized carbons (Fsp3) is 0.400. The lowest BCUT2D eigenvalue weighted by Crippen LogP contribution is -2.36. The standard InChI is InChI=1S/C15H19N5O/c1-12-8-16-11-14(19-12)17-9-13-2-3-15(18-10-13)20-4-6-21-7-5-20/h2-3,8,10-11H,4-7,9H2,1H3,(H,17,19). The summed E-state index contributed by atoms with van der Waals surface area (Å²) in [5, 5.41) is 3.25. The number of anilines is 2. The van der Waals surface area contributed by atoms with Crippen LogP contribution in [-0.4, -0.2) is 41.3 Å². The Morgan fingerprint density at radius 3 is 2.76 bits per heavy atom. The zero-order valence-electron chi connectivity index (χ0n) is 12.1. The minimum atomic E-state index is 0.689. The van der Waals surface area contributed by atoms with E-state index in [0.717, 1.165) is 49.2 Å². The van der Waals surface area contributed by atoms with Crippen LogP contribution in [0.3, 0.4) is 0 Å². The molecule has 1 aliphatic rings. The SMILES string of the molecule is Cc1cncc(NCc2ccc(N3CCOCC3)nc2)n1. The molecule has 0 spiro atoms. The van der Waals surface area contributed by atoms with Gasteiger partial charge in [-0.15, -0.1) is 0 Å². The second-order valence-electron chi connectivity index (χ2n) is 5.02. The van der Waals surface area contributed by atoms with E-state index >= 15 is 0 Å². The van der Waals surface area contributed by atoms with Gasteiger partial charge in [-0.3, -0.25) is 4.98 Å². The Labute approximate surface area is 124 Å². The molecule has 2 aromatic rings. The van der Waals surface area contributed by atoms with E-state index in [1.807, 2.05) is 13.1 Å². The van der Waals surface area contributed by atoms with Crippen molar-refractivity contribution >= 4 is 11.6 Å². The summed E-state index contributed by atoms with van der Waals surface area (Å²) in [6, 6.07) is 4.15. The van der Waals surface area contributed by atoms with Gasteiger partial charge in [-0.05, 0) is 18.6 Å². The van der Waals surface area contributed by atoms with Crippen LogP contribution in [0.2, 0.25) is 0 Å². The van der Waals surface area contributed by atoms with Crippen molar-refractivity contribution in [1.29, 1.82) is 0 Å². The summed E-state index contributed by atoms with van der Waals surface area (Å²) in [4.78, 5) is 15.2. The van der Waals surface area contributed by atoms with Crippen molar-refractivity contribution in [2.75, 3.05) is 36.5 Å². The Morgan fingerprint density at radius 1 is 1.19 bits per heavy atom. The molecule has 0 radical (unpaired) electrons. The van der Waals surface area contributed by atoms with Crippen molar-refractivity contribution in [2.24, 2.45) is 0 Å². The third kappa shape index (κ3) is 3.66. The minimum Gasteiger partial charge on any atom is -0.378 e. The first-order valence-corrected chi connectivity index (χ1v) is 7.11. The quantitative estimate of drug-likeness (QED) is 0.921. The summed E-state index contributed by atoms with van der Waals surface area (Å²) in [5.41, 5.74) is 2.02. The largest absolute Gasteiger partial charge is 0.378 e. The van der Waals surface area contributed by atoms with Crippen LogP contribution in [0, 0.1) is 6.92 Å². The zero-order chi connectivity index (χ0) is 14.5. The Kier molecular flexibility index (Phi) is 4.25. The van der Waals surface area contributed by atoms with Gasteiger partial charge in [-0.25, -0.2) is 9.97 Å². The van der Waals surface area contributed by atoms with Gasteiger partial charge in [0, 0.05) is 32.0 Å². The summed E-state index contributed by atoms with van der Waals surface area (Å²) in [6.07, 6.45) is 5.37. The summed E-state index contributed by atoms with van der Waals surface area (Å²) in [5.74, 6) is 1.80. The second-order valence-corrected chi connectivity index (χ2v) is 5.02. The van der Waals surface area contributed by atoms with Crippen LogP contribution in [-0.2, 0) is 11.3 Å². The molecule has 1 saturated heterocycles. The van der Waals surface area contributed by atoms with Gasteiger partial charge < -0.3 is 15.0 Å². The van der Waals surface area contributed by atoms with E-state index in [9.17, 15) is 0 Å². The van der Waals surface area contributed by atoms with E-state index < -0.39 is 0 Å². The molecule has 1 N–H and O–H groups in total. The van der Waals surface area contributed by atoms with Gasteiger partial charge in [-0.1, -0.05) is 6.07 Å². The molecular weight excluding hydrogens is 266 g/mol. The molecule has 0 aliphatic carbocycles. The van der Waals surface area contributed by atoms with Crippen molar-refractivity contribution < 1.29 is 4.74 Å². The highest BCUT2D eigenvalue weighted by molar-refractivity contribution is 5.40. The first-order valence-electron chi connectivity index (χ1n) is 7.11. The lowest BCUT2D eigenvalue weighted by molar-refractivity contribution is 0.122. The third-order valence-electron chi connectivity index (χ3n) is 3.37. The molecule has 1 aliphatic heterocycles. The Balaban J connectivity index is 1.59. The number of aromatic nitrogens is 3. The Hall–Kier alpha value is -2.21. The summed E-state index contributed by atoms with van der Waals surface area (Å²) in [7, 11) is 0. The molecule has 6 nitrogen and oxygen atoms in total. The average molecular weight is 285 g/mol. The Morgan fingerprint density at radius 2 is 2.05 bits per heavy atom. The minimum absolute atomic E-state index is 0.689. The monoisotopic (exact) mass is 285 g/mol. The van der Waals surface area contributed by atoms with Gasteiger partial charge in [0.15, 0.2) is 0 Å². The van der Waals surface area contributed by atoms with Crippen molar-refractivity contribution in [3.63, 3.8) is 0 Å². The van der Waals surface area contributed by atoms with E-state index in [-0.39, 0.29) is 0 Å². The van der Waals surface area contributed by atoms with E-state index in [2.05, 4.69) is 37.3 Å². The number of nitrogens with one attached hydrogen (secondary N) is 1. The summed E-state index contributed by atoms with van der Waals surface area (Å²) in [6.45, 7) is 5.98. The van der Waals surface area contributed by atoms with E-state index in [0.29, 0.717) is 6.54 Å². The van der Waals surface area contributed by atoms with Crippen LogP contribution in [0.1, 0.15) is 11.3 Å². The topological polar surface area (TPSA) is 63.2 Å². The van der Waals surface area contributed by atoms with Crippen LogP contribution in [0.15, 0.2) is 30.7 Å². The molecule has 110 valence electrons. The predicted molar refractivity (Wildman–Crippen MR) is 81.4 cm³/mol. The fourth-order valence-electron chi connectivity index (χ4n) is 2.24. The summed E-state index contributed by atoms with van der Waals surface area (Å²) >= 11 is 0. The number of hydrogen-bond donors (Lipinski definition) is 1. The maximum absolute atomic E-state index is 5.35. The van der Waals surface area contributed by atoms with Crippen LogP contribution >= 0.6 is 0 Å². The summed E-state index contributed by atoms with van der Waals surface area (Å²) < 4.78 is 5.35. The molecule has 3 rings (SSSR count). The lowest BCUT2D eigenvalue weighted by Gasteiger charge is -2.27. The zero-order valence-corrected chi connectivity index (χ0v) is 12.1. The molecule has 0 saturated carbocycles. The van der Waals surface area contributed by atoms with Crippen molar-refractivity contribution in [2.45, 2.75) is 13.5 Å².